The number of nitrogens with zero attached hydrogens (tertiary/aromatic N) is 1. The van der Waals surface area contributed by atoms with Crippen LogP contribution in [0, 0.1) is 11.8 Å². The minimum absolute atomic E-state index is 0.196. The molecule has 3 nitrogen and oxygen atoms in total. The van der Waals surface area contributed by atoms with Crippen molar-refractivity contribution in [3.05, 3.63) is 0 Å². The van der Waals surface area contributed by atoms with Crippen LogP contribution < -0.4 is 5.73 Å². The second-order valence-corrected chi connectivity index (χ2v) is 5.57. The van der Waals surface area contributed by atoms with Crippen LogP contribution in [0.4, 0.5) is 0 Å². The second kappa shape index (κ2) is 7.00. The molecule has 1 aliphatic rings. The molecule has 0 aromatic heterocycles. The van der Waals surface area contributed by atoms with Crippen molar-refractivity contribution >= 4 is 5.91 Å². The minimum Gasteiger partial charge on any atom is -0.342 e. The van der Waals surface area contributed by atoms with Crippen LogP contribution in [0.1, 0.15) is 52.9 Å². The summed E-state index contributed by atoms with van der Waals surface area (Å²) < 4.78 is 0. The Morgan fingerprint density at radius 2 is 1.94 bits per heavy atom. The topological polar surface area (TPSA) is 46.3 Å². The molecule has 1 amide bonds. The van der Waals surface area contributed by atoms with Gasteiger partial charge in [0.2, 0.25) is 5.91 Å². The molecule has 2 N–H and O–H groups in total. The highest BCUT2D eigenvalue weighted by Crippen LogP contribution is 2.22. The zero-order chi connectivity index (χ0) is 12.8. The Morgan fingerprint density at radius 3 is 2.41 bits per heavy atom. The van der Waals surface area contributed by atoms with Crippen molar-refractivity contribution in [2.75, 3.05) is 13.1 Å². The number of carbonyl (C=O) groups is 1. The van der Waals surface area contributed by atoms with E-state index in [0.717, 1.165) is 38.8 Å². The van der Waals surface area contributed by atoms with Crippen LogP contribution in [0.3, 0.4) is 0 Å². The van der Waals surface area contributed by atoms with Crippen LogP contribution in [-0.2, 0) is 4.79 Å². The van der Waals surface area contributed by atoms with Crippen LogP contribution in [0.2, 0.25) is 0 Å². The summed E-state index contributed by atoms with van der Waals surface area (Å²) in [5, 5.41) is 0. The summed E-state index contributed by atoms with van der Waals surface area (Å²) in [6, 6.07) is 0.268. The molecule has 0 bridgehead atoms. The van der Waals surface area contributed by atoms with Crippen molar-refractivity contribution in [3.8, 4) is 0 Å². The fourth-order valence-electron chi connectivity index (χ4n) is 2.59. The Kier molecular flexibility index (Phi) is 5.96. The first-order chi connectivity index (χ1) is 8.06. The van der Waals surface area contributed by atoms with Gasteiger partial charge in [-0.15, -0.1) is 0 Å². The highest BCUT2D eigenvalue weighted by molar-refractivity contribution is 5.78. The summed E-state index contributed by atoms with van der Waals surface area (Å²) in [6.45, 7) is 8.12. The number of hydrogen-bond donors (Lipinski definition) is 1. The third kappa shape index (κ3) is 4.30. The zero-order valence-electron chi connectivity index (χ0n) is 11.6. The van der Waals surface area contributed by atoms with E-state index in [9.17, 15) is 4.79 Å². The third-order valence-corrected chi connectivity index (χ3v) is 4.01. The molecule has 3 heteroatoms. The van der Waals surface area contributed by atoms with Gasteiger partial charge in [0.05, 0.1) is 0 Å². The number of nitrogens with two attached hydrogens (primary N) is 1. The Bertz CT molecular complexity index is 232. The number of rotatable bonds is 5. The quantitative estimate of drug-likeness (QED) is 0.802. The number of carbonyl (C=O) groups excluding carboxylic acids is 1. The molecule has 0 saturated carbocycles. The highest BCUT2D eigenvalue weighted by atomic mass is 16.2. The summed E-state index contributed by atoms with van der Waals surface area (Å²) in [4.78, 5) is 14.2. The van der Waals surface area contributed by atoms with E-state index >= 15 is 0 Å². The van der Waals surface area contributed by atoms with Crippen molar-refractivity contribution < 1.29 is 4.79 Å². The average Bonchev–Trinajstić information content (AvgIpc) is 2.35. The van der Waals surface area contributed by atoms with Gasteiger partial charge in [-0.1, -0.05) is 26.7 Å². The van der Waals surface area contributed by atoms with E-state index < -0.39 is 0 Å². The van der Waals surface area contributed by atoms with E-state index in [-0.39, 0.29) is 12.0 Å². The van der Waals surface area contributed by atoms with E-state index in [2.05, 4.69) is 20.8 Å². The van der Waals surface area contributed by atoms with Crippen molar-refractivity contribution in [2.45, 2.75) is 58.9 Å². The average molecular weight is 240 g/mol. The molecule has 2 unspecified atom stereocenters. The van der Waals surface area contributed by atoms with Gasteiger partial charge in [0.25, 0.3) is 0 Å². The summed E-state index contributed by atoms with van der Waals surface area (Å²) in [6.07, 6.45) is 5.50. The Morgan fingerprint density at radius 1 is 1.35 bits per heavy atom. The molecule has 100 valence electrons. The molecule has 0 aromatic rings. The number of likely N-dealkylation sites (tertiary alicyclic amines) is 1. The molecule has 0 aromatic carbocycles. The first-order valence-corrected chi connectivity index (χ1v) is 7.10. The van der Waals surface area contributed by atoms with Gasteiger partial charge >= 0.3 is 0 Å². The third-order valence-electron chi connectivity index (χ3n) is 4.01. The molecule has 1 saturated heterocycles. The fraction of sp³-hybridized carbons (Fsp3) is 0.929. The molecular weight excluding hydrogens is 212 g/mol. The van der Waals surface area contributed by atoms with Gasteiger partial charge in [-0.25, -0.2) is 0 Å². The van der Waals surface area contributed by atoms with E-state index in [1.54, 1.807) is 0 Å². The standard InChI is InChI=1S/C14H28N2O/c1-4-5-6-11(2)14(17)16-9-7-13(8-10-16)12(3)15/h11-13H,4-10,15H2,1-3H3. The van der Waals surface area contributed by atoms with Crippen LogP contribution in [-0.4, -0.2) is 29.9 Å². The molecule has 1 heterocycles. The second-order valence-electron chi connectivity index (χ2n) is 5.57. The maximum absolute atomic E-state index is 12.2. The Labute approximate surface area is 106 Å². The predicted molar refractivity (Wildman–Crippen MR) is 71.6 cm³/mol. The van der Waals surface area contributed by atoms with Gasteiger partial charge in [0.1, 0.15) is 0 Å². The highest BCUT2D eigenvalue weighted by Gasteiger charge is 2.26. The predicted octanol–water partition coefficient (Wildman–Crippen LogP) is 2.40. The van der Waals surface area contributed by atoms with E-state index in [0.29, 0.717) is 11.8 Å². The first kappa shape index (κ1) is 14.5. The van der Waals surface area contributed by atoms with Crippen LogP contribution >= 0.6 is 0 Å². The first-order valence-electron chi connectivity index (χ1n) is 7.10. The monoisotopic (exact) mass is 240 g/mol. The molecule has 1 fully saturated rings. The van der Waals surface area contributed by atoms with Crippen molar-refractivity contribution in [2.24, 2.45) is 17.6 Å². The zero-order valence-corrected chi connectivity index (χ0v) is 11.6. The van der Waals surface area contributed by atoms with Crippen LogP contribution in [0.25, 0.3) is 0 Å². The van der Waals surface area contributed by atoms with Crippen molar-refractivity contribution in [1.29, 1.82) is 0 Å². The number of unbranched alkanes of at least 4 members (excludes halogenated alkanes) is 1. The van der Waals surface area contributed by atoms with Crippen LogP contribution in [0.15, 0.2) is 0 Å². The van der Waals surface area contributed by atoms with E-state index in [1.807, 2.05) is 4.90 Å². The lowest BCUT2D eigenvalue weighted by Crippen LogP contribution is -2.44. The normalized spacial score (nSPS) is 21.3. The lowest BCUT2D eigenvalue weighted by atomic mass is 9.90. The lowest BCUT2D eigenvalue weighted by Gasteiger charge is -2.35. The smallest absolute Gasteiger partial charge is 0.225 e. The maximum atomic E-state index is 12.2. The van der Waals surface area contributed by atoms with E-state index in [4.69, 9.17) is 5.73 Å². The van der Waals surface area contributed by atoms with Crippen LogP contribution in [0.5, 0.6) is 0 Å². The van der Waals surface area contributed by atoms with Gasteiger partial charge in [0.15, 0.2) is 0 Å². The van der Waals surface area contributed by atoms with Gasteiger partial charge in [0, 0.05) is 25.0 Å². The summed E-state index contributed by atoms with van der Waals surface area (Å²) >= 11 is 0. The molecule has 0 aliphatic carbocycles. The molecule has 1 aliphatic heterocycles. The number of piperidine rings is 1. The Balaban J connectivity index is 2.35. The Hall–Kier alpha value is -0.570. The number of hydrogen-bond acceptors (Lipinski definition) is 2. The number of amides is 1. The molecule has 2 atom stereocenters. The van der Waals surface area contributed by atoms with Crippen molar-refractivity contribution in [1.82, 2.24) is 4.90 Å². The maximum Gasteiger partial charge on any atom is 0.225 e. The van der Waals surface area contributed by atoms with Gasteiger partial charge in [-0.2, -0.15) is 0 Å². The summed E-state index contributed by atoms with van der Waals surface area (Å²) in [5.74, 6) is 1.15. The van der Waals surface area contributed by atoms with Crippen molar-refractivity contribution in [3.63, 3.8) is 0 Å². The molecule has 0 spiro atoms. The minimum atomic E-state index is 0.196. The fourth-order valence-corrected chi connectivity index (χ4v) is 2.59. The lowest BCUT2D eigenvalue weighted by molar-refractivity contribution is -0.136. The molecule has 17 heavy (non-hydrogen) atoms. The summed E-state index contributed by atoms with van der Waals surface area (Å²) in [5.41, 5.74) is 5.91. The van der Waals surface area contributed by atoms with Gasteiger partial charge in [-0.3, -0.25) is 4.79 Å². The van der Waals surface area contributed by atoms with Gasteiger partial charge in [-0.05, 0) is 32.1 Å². The molecule has 1 rings (SSSR count). The molecule has 0 radical (unpaired) electrons. The molecular formula is C14H28N2O. The SMILES string of the molecule is CCCCC(C)C(=O)N1CCC(C(C)N)CC1. The largest absolute Gasteiger partial charge is 0.342 e. The van der Waals surface area contributed by atoms with E-state index in [1.165, 1.54) is 6.42 Å². The summed E-state index contributed by atoms with van der Waals surface area (Å²) in [7, 11) is 0. The van der Waals surface area contributed by atoms with Gasteiger partial charge < -0.3 is 10.6 Å².